The molecule has 0 radical (unpaired) electrons. The van der Waals surface area contributed by atoms with Crippen molar-refractivity contribution in [2.75, 3.05) is 39.3 Å². The molecule has 3 heterocycles. The van der Waals surface area contributed by atoms with Gasteiger partial charge < -0.3 is 9.80 Å². The third-order valence-electron chi connectivity index (χ3n) is 7.53. The Bertz CT molecular complexity index is 763. The van der Waals surface area contributed by atoms with Crippen LogP contribution >= 0.6 is 0 Å². The van der Waals surface area contributed by atoms with Gasteiger partial charge in [-0.05, 0) is 71.7 Å². The molecule has 0 saturated carbocycles. The minimum absolute atomic E-state index is 0.107. The Morgan fingerprint density at radius 3 is 2.60 bits per heavy atom. The monoisotopic (exact) mass is 419 g/mol. The van der Waals surface area contributed by atoms with Crippen LogP contribution in [0.25, 0.3) is 0 Å². The standard InChI is InChI=1S/C24H35F2N3O/c1-18(2)28-12-7-19(8-13-28)23(30)29-14-10-24(17-29)9-4-11-27(16-24)15-20-5-3-6-21(25)22(20)26/h3,5-6,18-19H,4,7-17H2,1-2H3/t24-/m0/s1. The van der Waals surface area contributed by atoms with E-state index in [2.05, 4.69) is 28.5 Å². The number of hydrogen-bond acceptors (Lipinski definition) is 3. The first-order valence-corrected chi connectivity index (χ1v) is 11.5. The molecular formula is C24H35F2N3O. The number of rotatable bonds is 4. The fourth-order valence-corrected chi connectivity index (χ4v) is 5.73. The second kappa shape index (κ2) is 8.91. The lowest BCUT2D eigenvalue weighted by molar-refractivity contribution is -0.136. The van der Waals surface area contributed by atoms with Crippen LogP contribution in [0.15, 0.2) is 18.2 Å². The zero-order chi connectivity index (χ0) is 21.3. The van der Waals surface area contributed by atoms with Gasteiger partial charge in [0, 0.05) is 49.1 Å². The summed E-state index contributed by atoms with van der Waals surface area (Å²) in [5, 5.41) is 0. The summed E-state index contributed by atoms with van der Waals surface area (Å²) in [4.78, 5) is 20.0. The van der Waals surface area contributed by atoms with Crippen molar-refractivity contribution in [3.63, 3.8) is 0 Å². The predicted octanol–water partition coefficient (Wildman–Crippen LogP) is 3.90. The highest BCUT2D eigenvalue weighted by molar-refractivity contribution is 5.79. The number of hydrogen-bond donors (Lipinski definition) is 0. The van der Waals surface area contributed by atoms with E-state index in [0.717, 1.165) is 71.4 Å². The smallest absolute Gasteiger partial charge is 0.225 e. The van der Waals surface area contributed by atoms with Crippen molar-refractivity contribution in [1.82, 2.24) is 14.7 Å². The highest BCUT2D eigenvalue weighted by atomic mass is 19.2. The minimum atomic E-state index is -0.777. The SMILES string of the molecule is CC(C)N1CCC(C(=O)N2CC[C@]3(CCCN(Cc4cccc(F)c4F)C3)C2)CC1. The van der Waals surface area contributed by atoms with Crippen LogP contribution in [0.3, 0.4) is 0 Å². The summed E-state index contributed by atoms with van der Waals surface area (Å²) in [6, 6.07) is 4.97. The van der Waals surface area contributed by atoms with E-state index in [1.807, 2.05) is 0 Å². The fraction of sp³-hybridized carbons (Fsp3) is 0.708. The number of carbonyl (C=O) groups is 1. The largest absolute Gasteiger partial charge is 0.342 e. The van der Waals surface area contributed by atoms with Crippen LogP contribution in [0.5, 0.6) is 0 Å². The molecule has 1 aromatic rings. The Morgan fingerprint density at radius 2 is 1.87 bits per heavy atom. The molecule has 3 saturated heterocycles. The van der Waals surface area contributed by atoms with Crippen molar-refractivity contribution < 1.29 is 13.6 Å². The van der Waals surface area contributed by atoms with Crippen molar-refractivity contribution >= 4 is 5.91 Å². The summed E-state index contributed by atoms with van der Waals surface area (Å²) in [6.45, 7) is 10.3. The van der Waals surface area contributed by atoms with Crippen LogP contribution in [0, 0.1) is 23.0 Å². The van der Waals surface area contributed by atoms with Crippen molar-refractivity contribution in [3.8, 4) is 0 Å². The zero-order valence-corrected chi connectivity index (χ0v) is 18.4. The lowest BCUT2D eigenvalue weighted by Crippen LogP contribution is -2.47. The zero-order valence-electron chi connectivity index (χ0n) is 18.4. The Balaban J connectivity index is 1.34. The Labute approximate surface area is 179 Å². The van der Waals surface area contributed by atoms with Gasteiger partial charge >= 0.3 is 0 Å². The van der Waals surface area contributed by atoms with Crippen LogP contribution in [0.2, 0.25) is 0 Å². The molecule has 0 aliphatic carbocycles. The summed E-state index contributed by atoms with van der Waals surface area (Å²) in [5.41, 5.74) is 0.533. The normalized spacial score (nSPS) is 26.8. The third kappa shape index (κ3) is 4.54. The van der Waals surface area contributed by atoms with Gasteiger partial charge in [0.05, 0.1) is 0 Å². The Morgan fingerprint density at radius 1 is 1.10 bits per heavy atom. The maximum absolute atomic E-state index is 14.1. The van der Waals surface area contributed by atoms with Gasteiger partial charge in [-0.2, -0.15) is 0 Å². The van der Waals surface area contributed by atoms with Crippen molar-refractivity contribution in [2.45, 2.75) is 58.5 Å². The van der Waals surface area contributed by atoms with E-state index in [1.165, 1.54) is 6.07 Å². The number of carbonyl (C=O) groups excluding carboxylic acids is 1. The van der Waals surface area contributed by atoms with E-state index in [0.29, 0.717) is 24.1 Å². The molecule has 0 aromatic heterocycles. The van der Waals surface area contributed by atoms with Gasteiger partial charge in [0.1, 0.15) is 0 Å². The molecule has 0 bridgehead atoms. The van der Waals surface area contributed by atoms with Gasteiger partial charge in [0.25, 0.3) is 0 Å². The molecule has 1 aromatic carbocycles. The second-order valence-corrected chi connectivity index (χ2v) is 9.94. The van der Waals surface area contributed by atoms with Crippen LogP contribution in [-0.4, -0.2) is 65.9 Å². The number of piperidine rings is 2. The quantitative estimate of drug-likeness (QED) is 0.741. The fourth-order valence-electron chi connectivity index (χ4n) is 5.73. The summed E-state index contributed by atoms with van der Waals surface area (Å²) in [5.74, 6) is -1.01. The van der Waals surface area contributed by atoms with Crippen molar-refractivity contribution in [1.29, 1.82) is 0 Å². The minimum Gasteiger partial charge on any atom is -0.342 e. The molecule has 1 atom stereocenters. The van der Waals surface area contributed by atoms with Gasteiger partial charge in [-0.15, -0.1) is 0 Å². The highest BCUT2D eigenvalue weighted by Crippen LogP contribution is 2.40. The molecule has 1 spiro atoms. The highest BCUT2D eigenvalue weighted by Gasteiger charge is 2.44. The summed E-state index contributed by atoms with van der Waals surface area (Å²) in [7, 11) is 0. The van der Waals surface area contributed by atoms with Crippen LogP contribution < -0.4 is 0 Å². The van der Waals surface area contributed by atoms with E-state index in [1.54, 1.807) is 12.1 Å². The van der Waals surface area contributed by atoms with Gasteiger partial charge in [-0.1, -0.05) is 12.1 Å². The van der Waals surface area contributed by atoms with E-state index >= 15 is 0 Å². The maximum Gasteiger partial charge on any atom is 0.225 e. The molecule has 6 heteroatoms. The van der Waals surface area contributed by atoms with Crippen LogP contribution in [0.4, 0.5) is 8.78 Å². The van der Waals surface area contributed by atoms with E-state index < -0.39 is 11.6 Å². The first kappa shape index (κ1) is 21.7. The first-order chi connectivity index (χ1) is 14.4. The van der Waals surface area contributed by atoms with Crippen molar-refractivity contribution in [2.24, 2.45) is 11.3 Å². The molecule has 0 N–H and O–H groups in total. The first-order valence-electron chi connectivity index (χ1n) is 11.5. The summed E-state index contributed by atoms with van der Waals surface area (Å²) < 4.78 is 27.7. The summed E-state index contributed by atoms with van der Waals surface area (Å²) >= 11 is 0. The van der Waals surface area contributed by atoms with Crippen molar-refractivity contribution in [3.05, 3.63) is 35.4 Å². The number of benzene rings is 1. The number of nitrogens with zero attached hydrogens (tertiary/aromatic N) is 3. The summed E-state index contributed by atoms with van der Waals surface area (Å²) in [6.07, 6.45) is 5.11. The van der Waals surface area contributed by atoms with Gasteiger partial charge in [0.2, 0.25) is 5.91 Å². The molecule has 3 aliphatic rings. The van der Waals surface area contributed by atoms with Crippen LogP contribution in [0.1, 0.15) is 51.5 Å². The molecule has 3 aliphatic heterocycles. The Hall–Kier alpha value is -1.53. The predicted molar refractivity (Wildman–Crippen MR) is 114 cm³/mol. The number of amides is 1. The topological polar surface area (TPSA) is 26.8 Å². The Kier molecular flexibility index (Phi) is 6.44. The van der Waals surface area contributed by atoms with E-state index in [-0.39, 0.29) is 11.3 Å². The average Bonchev–Trinajstić information content (AvgIpc) is 3.14. The molecule has 1 amide bonds. The lowest BCUT2D eigenvalue weighted by atomic mass is 9.79. The van der Waals surface area contributed by atoms with Gasteiger partial charge in [-0.3, -0.25) is 9.69 Å². The average molecular weight is 420 g/mol. The molecule has 4 nitrogen and oxygen atoms in total. The second-order valence-electron chi connectivity index (χ2n) is 9.94. The van der Waals surface area contributed by atoms with Gasteiger partial charge in [0.15, 0.2) is 11.6 Å². The molecule has 0 unspecified atom stereocenters. The van der Waals surface area contributed by atoms with E-state index in [4.69, 9.17) is 0 Å². The molecule has 4 rings (SSSR count). The molecule has 30 heavy (non-hydrogen) atoms. The number of likely N-dealkylation sites (tertiary alicyclic amines) is 3. The third-order valence-corrected chi connectivity index (χ3v) is 7.53. The van der Waals surface area contributed by atoms with Crippen LogP contribution in [-0.2, 0) is 11.3 Å². The van der Waals surface area contributed by atoms with Gasteiger partial charge in [-0.25, -0.2) is 8.78 Å². The lowest BCUT2D eigenvalue weighted by Gasteiger charge is -2.41. The van der Waals surface area contributed by atoms with E-state index in [9.17, 15) is 13.6 Å². The molecule has 3 fully saturated rings. The number of halogens is 2. The molecule has 166 valence electrons. The molecular weight excluding hydrogens is 384 g/mol. The maximum atomic E-state index is 14.1.